The number of carboxylic acids is 1. The van der Waals surface area contributed by atoms with Gasteiger partial charge in [0.05, 0.1) is 18.1 Å². The number of ether oxygens (including phenoxy) is 2. The number of hydrogen-bond acceptors (Lipinski definition) is 4. The highest BCUT2D eigenvalue weighted by Crippen LogP contribution is 2.28. The van der Waals surface area contributed by atoms with E-state index in [1.54, 1.807) is 31.4 Å². The second-order valence-corrected chi connectivity index (χ2v) is 5.01. The summed E-state index contributed by atoms with van der Waals surface area (Å²) in [4.78, 5) is 22.9. The number of aliphatic carboxylic acids is 1. The van der Waals surface area contributed by atoms with Gasteiger partial charge in [-0.15, -0.1) is 0 Å². The van der Waals surface area contributed by atoms with Crippen LogP contribution in [0.25, 0.3) is 0 Å². The van der Waals surface area contributed by atoms with Crippen LogP contribution >= 0.6 is 0 Å². The van der Waals surface area contributed by atoms with E-state index >= 15 is 0 Å². The molecule has 0 spiro atoms. The molecule has 0 bridgehead atoms. The quantitative estimate of drug-likeness (QED) is 0.740. The first kappa shape index (κ1) is 15.3. The summed E-state index contributed by atoms with van der Waals surface area (Å²) in [5.41, 5.74) is 0.451. The van der Waals surface area contributed by atoms with E-state index in [0.29, 0.717) is 37.4 Å². The highest BCUT2D eigenvalue weighted by molar-refractivity contribution is 5.97. The fourth-order valence-corrected chi connectivity index (χ4v) is 2.22. The fraction of sp³-hybridized carbons (Fsp3) is 0.467. The molecule has 1 aromatic rings. The average molecular weight is 293 g/mol. The molecule has 21 heavy (non-hydrogen) atoms. The van der Waals surface area contributed by atoms with Crippen molar-refractivity contribution in [3.63, 3.8) is 0 Å². The molecule has 0 atom stereocenters. The molecule has 0 aliphatic heterocycles. The lowest BCUT2D eigenvalue weighted by Gasteiger charge is -2.32. The first-order chi connectivity index (χ1) is 10.1. The van der Waals surface area contributed by atoms with E-state index in [4.69, 9.17) is 14.6 Å². The maximum atomic E-state index is 12.2. The minimum atomic E-state index is -0.802. The van der Waals surface area contributed by atoms with E-state index in [2.05, 4.69) is 5.32 Å². The summed E-state index contributed by atoms with van der Waals surface area (Å²) in [6.45, 7) is 0.810. The predicted molar refractivity (Wildman–Crippen MR) is 75.4 cm³/mol. The number of carboxylic acid groups (broad SMARTS) is 1. The normalized spacial score (nSPS) is 20.4. The van der Waals surface area contributed by atoms with Crippen molar-refractivity contribution >= 4 is 11.9 Å². The van der Waals surface area contributed by atoms with Crippen LogP contribution in [0, 0.1) is 5.92 Å². The minimum Gasteiger partial charge on any atom is -0.490 e. The van der Waals surface area contributed by atoms with E-state index in [9.17, 15) is 9.59 Å². The second kappa shape index (κ2) is 7.08. The molecule has 0 radical (unpaired) electrons. The summed E-state index contributed by atoms with van der Waals surface area (Å²) >= 11 is 0. The van der Waals surface area contributed by atoms with E-state index < -0.39 is 5.97 Å². The third-order valence-electron chi connectivity index (χ3n) is 3.50. The monoisotopic (exact) mass is 293 g/mol. The average Bonchev–Trinajstić information content (AvgIpc) is 2.42. The molecule has 2 rings (SSSR count). The van der Waals surface area contributed by atoms with Gasteiger partial charge in [0.1, 0.15) is 12.4 Å². The van der Waals surface area contributed by atoms with E-state index in [-0.39, 0.29) is 17.9 Å². The zero-order valence-corrected chi connectivity index (χ0v) is 11.9. The van der Waals surface area contributed by atoms with Gasteiger partial charge in [-0.05, 0) is 25.0 Å². The first-order valence-corrected chi connectivity index (χ1v) is 6.86. The minimum absolute atomic E-state index is 0.0781. The molecule has 1 aromatic carbocycles. The molecule has 0 heterocycles. The highest BCUT2D eigenvalue weighted by atomic mass is 16.5. The van der Waals surface area contributed by atoms with Crippen LogP contribution in [0.2, 0.25) is 0 Å². The van der Waals surface area contributed by atoms with Crippen molar-refractivity contribution in [1.29, 1.82) is 0 Å². The Morgan fingerprint density at radius 1 is 1.29 bits per heavy atom. The Morgan fingerprint density at radius 2 is 2.00 bits per heavy atom. The maximum absolute atomic E-state index is 12.2. The molecule has 2 N–H and O–H groups in total. The molecule has 0 unspecified atom stereocenters. The number of benzene rings is 1. The van der Waals surface area contributed by atoms with Crippen molar-refractivity contribution in [1.82, 2.24) is 5.32 Å². The third kappa shape index (κ3) is 3.95. The van der Waals surface area contributed by atoms with Gasteiger partial charge < -0.3 is 19.9 Å². The summed E-state index contributed by atoms with van der Waals surface area (Å²) in [6.07, 6.45) is 0.960. The molecule has 0 saturated heterocycles. The molecule has 1 saturated carbocycles. The topological polar surface area (TPSA) is 84.9 Å². The molecule has 1 aliphatic carbocycles. The van der Waals surface area contributed by atoms with Crippen molar-refractivity contribution in [2.75, 3.05) is 20.3 Å². The third-order valence-corrected chi connectivity index (χ3v) is 3.50. The number of carbonyl (C=O) groups excluding carboxylic acids is 1. The number of carbonyl (C=O) groups is 2. The smallest absolute Gasteiger partial charge is 0.306 e. The number of methoxy groups -OCH3 is 1. The van der Waals surface area contributed by atoms with Gasteiger partial charge in [-0.2, -0.15) is 0 Å². The zero-order chi connectivity index (χ0) is 15.2. The lowest BCUT2D eigenvalue weighted by molar-refractivity contribution is -0.145. The number of amides is 1. The SMILES string of the molecule is COCCOc1ccccc1C(=O)NC1CC(C(=O)O)C1. The van der Waals surface area contributed by atoms with E-state index in [1.807, 2.05) is 0 Å². The fourth-order valence-electron chi connectivity index (χ4n) is 2.22. The Morgan fingerprint density at radius 3 is 2.67 bits per heavy atom. The van der Waals surface area contributed by atoms with Crippen LogP contribution in [0.3, 0.4) is 0 Å². The van der Waals surface area contributed by atoms with Crippen molar-refractivity contribution < 1.29 is 24.2 Å². The van der Waals surface area contributed by atoms with Crippen molar-refractivity contribution in [3.8, 4) is 5.75 Å². The molecule has 0 aromatic heterocycles. The first-order valence-electron chi connectivity index (χ1n) is 6.86. The van der Waals surface area contributed by atoms with Crippen LogP contribution in [0.1, 0.15) is 23.2 Å². The molecule has 114 valence electrons. The summed E-state index contributed by atoms with van der Waals surface area (Å²) in [5.74, 6) is -0.884. The van der Waals surface area contributed by atoms with Gasteiger partial charge in [0.2, 0.25) is 0 Å². The lowest BCUT2D eigenvalue weighted by atomic mass is 9.80. The molecule has 1 fully saturated rings. The summed E-state index contributed by atoms with van der Waals surface area (Å²) in [6, 6.07) is 6.89. The van der Waals surface area contributed by atoms with Gasteiger partial charge in [-0.3, -0.25) is 9.59 Å². The largest absolute Gasteiger partial charge is 0.490 e. The molecule has 1 aliphatic rings. The van der Waals surface area contributed by atoms with E-state index in [0.717, 1.165) is 0 Å². The van der Waals surface area contributed by atoms with Crippen LogP contribution in [-0.4, -0.2) is 43.3 Å². The summed E-state index contributed by atoms with van der Waals surface area (Å²) in [7, 11) is 1.58. The van der Waals surface area contributed by atoms with Gasteiger partial charge >= 0.3 is 5.97 Å². The zero-order valence-electron chi connectivity index (χ0n) is 11.9. The van der Waals surface area contributed by atoms with Gasteiger partial charge in [0, 0.05) is 13.2 Å². The van der Waals surface area contributed by atoms with Crippen LogP contribution < -0.4 is 10.1 Å². The number of para-hydroxylation sites is 1. The number of rotatable bonds is 7. The molecule has 6 nitrogen and oxygen atoms in total. The summed E-state index contributed by atoms with van der Waals surface area (Å²) in [5, 5.41) is 11.7. The van der Waals surface area contributed by atoms with Crippen molar-refractivity contribution in [2.24, 2.45) is 5.92 Å². The molecular formula is C15H19NO5. The maximum Gasteiger partial charge on any atom is 0.306 e. The Labute approximate surface area is 123 Å². The lowest BCUT2D eigenvalue weighted by Crippen LogP contribution is -2.46. The highest BCUT2D eigenvalue weighted by Gasteiger charge is 2.35. The number of nitrogens with one attached hydrogen (secondary N) is 1. The van der Waals surface area contributed by atoms with Crippen molar-refractivity contribution in [3.05, 3.63) is 29.8 Å². The van der Waals surface area contributed by atoms with Gasteiger partial charge in [-0.1, -0.05) is 12.1 Å². The Bertz CT molecular complexity index is 511. The summed E-state index contributed by atoms with van der Waals surface area (Å²) < 4.78 is 10.4. The van der Waals surface area contributed by atoms with Gasteiger partial charge in [-0.25, -0.2) is 0 Å². The van der Waals surface area contributed by atoms with Crippen molar-refractivity contribution in [2.45, 2.75) is 18.9 Å². The van der Waals surface area contributed by atoms with Crippen LogP contribution in [-0.2, 0) is 9.53 Å². The Balaban J connectivity index is 1.91. The van der Waals surface area contributed by atoms with Gasteiger partial charge in [0.25, 0.3) is 5.91 Å². The Hall–Kier alpha value is -2.08. The molecular weight excluding hydrogens is 274 g/mol. The molecule has 6 heteroatoms. The standard InChI is InChI=1S/C15H19NO5/c1-20-6-7-21-13-5-3-2-4-12(13)14(17)16-11-8-10(9-11)15(18)19/h2-5,10-11H,6-9H2,1H3,(H,16,17)(H,18,19). The van der Waals surface area contributed by atoms with Crippen LogP contribution in [0.5, 0.6) is 5.75 Å². The number of hydrogen-bond donors (Lipinski definition) is 2. The van der Waals surface area contributed by atoms with Crippen LogP contribution in [0.4, 0.5) is 0 Å². The Kier molecular flexibility index (Phi) is 5.16. The van der Waals surface area contributed by atoms with Crippen LogP contribution in [0.15, 0.2) is 24.3 Å². The van der Waals surface area contributed by atoms with Gasteiger partial charge in [0.15, 0.2) is 0 Å². The van der Waals surface area contributed by atoms with E-state index in [1.165, 1.54) is 0 Å². The molecule has 1 amide bonds. The predicted octanol–water partition coefficient (Wildman–Crippen LogP) is 1.30. The second-order valence-electron chi connectivity index (χ2n) is 5.01.